The SMILES string of the molecule is CCCCCCCCCCCCCCCCCC(=O)Oc1c(Cl)ccc(S(=O)(=O)NC(=O)NCCC)c1C. The van der Waals surface area contributed by atoms with E-state index >= 15 is 0 Å². The lowest BCUT2D eigenvalue weighted by Crippen LogP contribution is -2.39. The van der Waals surface area contributed by atoms with E-state index in [9.17, 15) is 18.0 Å². The Morgan fingerprint density at radius 1 is 0.789 bits per heavy atom. The quantitative estimate of drug-likeness (QED) is 0.0877. The molecule has 1 rings (SSSR count). The molecule has 0 bridgehead atoms. The molecule has 0 radical (unpaired) electrons. The zero-order valence-corrected chi connectivity index (χ0v) is 25.3. The second kappa shape index (κ2) is 20.2. The van der Waals surface area contributed by atoms with E-state index in [1.807, 2.05) is 11.6 Å². The number of hydrogen-bond donors (Lipinski definition) is 2. The molecule has 0 saturated heterocycles. The van der Waals surface area contributed by atoms with Gasteiger partial charge in [0.25, 0.3) is 10.0 Å². The maximum absolute atomic E-state index is 12.6. The number of benzene rings is 1. The molecule has 0 aromatic heterocycles. The van der Waals surface area contributed by atoms with Crippen molar-refractivity contribution in [2.45, 2.75) is 135 Å². The van der Waals surface area contributed by atoms with Gasteiger partial charge in [-0.3, -0.25) is 4.79 Å². The number of hydrogen-bond acceptors (Lipinski definition) is 5. The van der Waals surface area contributed by atoms with E-state index in [4.69, 9.17) is 16.3 Å². The Kier molecular flexibility index (Phi) is 18.2. The Morgan fingerprint density at radius 3 is 1.79 bits per heavy atom. The van der Waals surface area contributed by atoms with Crippen LogP contribution in [0.5, 0.6) is 5.75 Å². The molecule has 0 aliphatic rings. The highest BCUT2D eigenvalue weighted by atomic mass is 35.5. The normalized spacial score (nSPS) is 11.4. The highest BCUT2D eigenvalue weighted by Crippen LogP contribution is 2.33. The average molecular weight is 573 g/mol. The second-order valence-electron chi connectivity index (χ2n) is 10.0. The molecule has 0 unspecified atom stereocenters. The third kappa shape index (κ3) is 14.4. The number of carbonyl (C=O) groups excluding carboxylic acids is 2. The smallest absolute Gasteiger partial charge is 0.328 e. The molecule has 0 aliphatic heterocycles. The molecule has 9 heteroatoms. The first-order valence-electron chi connectivity index (χ1n) is 14.5. The van der Waals surface area contributed by atoms with Gasteiger partial charge < -0.3 is 10.1 Å². The van der Waals surface area contributed by atoms with Crippen molar-refractivity contribution in [1.29, 1.82) is 0 Å². The molecular weight excluding hydrogens is 524 g/mol. The van der Waals surface area contributed by atoms with Gasteiger partial charge in [-0.25, -0.2) is 17.9 Å². The largest absolute Gasteiger partial charge is 0.425 e. The van der Waals surface area contributed by atoms with Gasteiger partial charge in [0.1, 0.15) is 0 Å². The highest BCUT2D eigenvalue weighted by Gasteiger charge is 2.24. The van der Waals surface area contributed by atoms with Crippen molar-refractivity contribution in [3.05, 3.63) is 22.7 Å². The number of amides is 2. The van der Waals surface area contributed by atoms with E-state index in [2.05, 4.69) is 12.2 Å². The summed E-state index contributed by atoms with van der Waals surface area (Å²) < 4.78 is 32.7. The lowest BCUT2D eigenvalue weighted by Gasteiger charge is -2.14. The fourth-order valence-corrected chi connectivity index (χ4v) is 5.73. The summed E-state index contributed by atoms with van der Waals surface area (Å²) in [6.45, 7) is 5.96. The molecule has 7 nitrogen and oxygen atoms in total. The van der Waals surface area contributed by atoms with Gasteiger partial charge in [-0.15, -0.1) is 0 Å². The van der Waals surface area contributed by atoms with Gasteiger partial charge in [0.15, 0.2) is 5.75 Å². The summed E-state index contributed by atoms with van der Waals surface area (Å²) in [5.74, 6) is -0.442. The molecule has 1 aromatic rings. The number of unbranched alkanes of at least 4 members (excludes halogenated alkanes) is 14. The van der Waals surface area contributed by atoms with Crippen LogP contribution < -0.4 is 14.8 Å². The van der Waals surface area contributed by atoms with Crippen LogP contribution in [0.1, 0.15) is 129 Å². The van der Waals surface area contributed by atoms with E-state index in [1.165, 1.54) is 96.1 Å². The Balaban J connectivity index is 2.30. The molecule has 0 saturated carbocycles. The van der Waals surface area contributed by atoms with Crippen LogP contribution in [0.4, 0.5) is 4.79 Å². The monoisotopic (exact) mass is 572 g/mol. The van der Waals surface area contributed by atoms with Gasteiger partial charge in [0.05, 0.1) is 9.92 Å². The maximum atomic E-state index is 12.6. The van der Waals surface area contributed by atoms with Crippen LogP contribution in [-0.4, -0.2) is 27.0 Å². The molecule has 2 amide bonds. The summed E-state index contributed by atoms with van der Waals surface area (Å²) in [7, 11) is -4.15. The fraction of sp³-hybridized carbons (Fsp3) is 0.724. The number of rotatable bonds is 21. The van der Waals surface area contributed by atoms with Crippen LogP contribution >= 0.6 is 11.6 Å². The number of carbonyl (C=O) groups is 2. The first-order chi connectivity index (χ1) is 18.2. The van der Waals surface area contributed by atoms with Crippen molar-refractivity contribution in [2.24, 2.45) is 0 Å². The van der Waals surface area contributed by atoms with Crippen molar-refractivity contribution in [3.63, 3.8) is 0 Å². The van der Waals surface area contributed by atoms with E-state index in [0.717, 1.165) is 12.8 Å². The molecule has 0 spiro atoms. The number of esters is 1. The van der Waals surface area contributed by atoms with Gasteiger partial charge in [-0.2, -0.15) is 0 Å². The van der Waals surface area contributed by atoms with E-state index < -0.39 is 22.0 Å². The molecule has 0 aliphatic carbocycles. The fourth-order valence-electron chi connectivity index (χ4n) is 4.31. The number of ether oxygens (including phenoxy) is 1. The summed E-state index contributed by atoms with van der Waals surface area (Å²) in [5, 5.41) is 2.60. The number of urea groups is 1. The highest BCUT2D eigenvalue weighted by molar-refractivity contribution is 7.90. The Morgan fingerprint density at radius 2 is 1.29 bits per heavy atom. The number of nitrogens with one attached hydrogen (secondary N) is 2. The van der Waals surface area contributed by atoms with Crippen LogP contribution in [-0.2, 0) is 14.8 Å². The zero-order valence-electron chi connectivity index (χ0n) is 23.7. The Hall–Kier alpha value is -1.80. The van der Waals surface area contributed by atoms with Crippen molar-refractivity contribution < 1.29 is 22.7 Å². The molecule has 38 heavy (non-hydrogen) atoms. The summed E-state index contributed by atoms with van der Waals surface area (Å²) in [6, 6.07) is 1.83. The zero-order chi connectivity index (χ0) is 28.2. The van der Waals surface area contributed by atoms with Gasteiger partial charge in [-0.05, 0) is 31.9 Å². The van der Waals surface area contributed by atoms with Crippen LogP contribution in [0.2, 0.25) is 5.02 Å². The number of halogens is 1. The molecule has 0 atom stereocenters. The van der Waals surface area contributed by atoms with Crippen molar-refractivity contribution in [2.75, 3.05) is 6.54 Å². The minimum Gasteiger partial charge on any atom is -0.425 e. The third-order valence-electron chi connectivity index (χ3n) is 6.56. The summed E-state index contributed by atoms with van der Waals surface area (Å²) in [5.41, 5.74) is 0.179. The van der Waals surface area contributed by atoms with E-state index in [0.29, 0.717) is 19.4 Å². The first kappa shape index (κ1) is 34.2. The van der Waals surface area contributed by atoms with Gasteiger partial charge >= 0.3 is 12.0 Å². The minimum absolute atomic E-state index is 0.00877. The standard InChI is InChI=1S/C29H49ClN2O5S/c1-4-6-7-8-9-10-11-12-13-14-15-16-17-18-19-20-27(33)37-28-24(3)26(22-21-25(28)30)38(35,36)32-29(34)31-23-5-2/h21-22H,4-20,23H2,1-3H3,(H2,31,32,34). The minimum atomic E-state index is -4.15. The molecular formula is C29H49ClN2O5S. The predicted molar refractivity (Wildman–Crippen MR) is 155 cm³/mol. The van der Waals surface area contributed by atoms with Crippen molar-refractivity contribution in [3.8, 4) is 5.75 Å². The molecule has 2 N–H and O–H groups in total. The van der Waals surface area contributed by atoms with Crippen LogP contribution in [0.25, 0.3) is 0 Å². The molecule has 1 aromatic carbocycles. The summed E-state index contributed by atoms with van der Waals surface area (Å²) in [4.78, 5) is 24.1. The Labute approximate surface area is 235 Å². The van der Waals surface area contributed by atoms with Gasteiger partial charge in [0.2, 0.25) is 0 Å². The number of sulfonamides is 1. The third-order valence-corrected chi connectivity index (χ3v) is 8.33. The van der Waals surface area contributed by atoms with Gasteiger partial charge in [-0.1, -0.05) is 115 Å². The molecule has 218 valence electrons. The second-order valence-corrected chi connectivity index (χ2v) is 12.1. The van der Waals surface area contributed by atoms with Gasteiger partial charge in [0, 0.05) is 18.5 Å². The molecule has 0 heterocycles. The van der Waals surface area contributed by atoms with Crippen LogP contribution in [0.3, 0.4) is 0 Å². The first-order valence-corrected chi connectivity index (χ1v) is 16.4. The Bertz CT molecular complexity index is 937. The van der Waals surface area contributed by atoms with Crippen LogP contribution in [0.15, 0.2) is 17.0 Å². The lowest BCUT2D eigenvalue weighted by molar-refractivity contribution is -0.134. The topological polar surface area (TPSA) is 102 Å². The van der Waals surface area contributed by atoms with E-state index in [1.54, 1.807) is 0 Å². The summed E-state index contributed by atoms with van der Waals surface area (Å²) in [6.07, 6.45) is 19.6. The molecule has 0 fully saturated rings. The van der Waals surface area contributed by atoms with E-state index in [-0.39, 0.29) is 27.7 Å². The lowest BCUT2D eigenvalue weighted by atomic mass is 10.0. The summed E-state index contributed by atoms with van der Waals surface area (Å²) >= 11 is 6.20. The maximum Gasteiger partial charge on any atom is 0.328 e. The average Bonchev–Trinajstić information content (AvgIpc) is 2.87. The predicted octanol–water partition coefficient (Wildman–Crippen LogP) is 8.21. The van der Waals surface area contributed by atoms with Crippen molar-refractivity contribution in [1.82, 2.24) is 10.0 Å². The van der Waals surface area contributed by atoms with Crippen molar-refractivity contribution >= 4 is 33.6 Å². The van der Waals surface area contributed by atoms with Crippen LogP contribution in [0, 0.1) is 6.92 Å².